The van der Waals surface area contributed by atoms with Crippen LogP contribution in [-0.4, -0.2) is 25.2 Å². The minimum atomic E-state index is 0.659. The number of fused-ring (bicyclic) bond motifs is 1. The van der Waals surface area contributed by atoms with Crippen molar-refractivity contribution < 1.29 is 9.47 Å². The zero-order chi connectivity index (χ0) is 22.2. The van der Waals surface area contributed by atoms with Gasteiger partial charge in [-0.05, 0) is 61.9 Å². The summed E-state index contributed by atoms with van der Waals surface area (Å²) in [5.41, 5.74) is 5.23. The average molecular weight is 428 g/mol. The number of ether oxygens (including phenoxy) is 2. The molecule has 1 aromatic heterocycles. The van der Waals surface area contributed by atoms with Gasteiger partial charge in [-0.2, -0.15) is 0 Å². The zero-order valence-corrected chi connectivity index (χ0v) is 18.6. The van der Waals surface area contributed by atoms with E-state index in [4.69, 9.17) is 9.47 Å². The Morgan fingerprint density at radius 2 is 1.72 bits per heavy atom. The van der Waals surface area contributed by atoms with Crippen molar-refractivity contribution in [2.45, 2.75) is 19.9 Å². The lowest BCUT2D eigenvalue weighted by molar-refractivity contribution is 0.308. The molecular weight excluding hydrogens is 398 g/mol. The lowest BCUT2D eigenvalue weighted by Crippen LogP contribution is -2.17. The fraction of sp³-hybridized carbons (Fsp3) is 0.222. The van der Waals surface area contributed by atoms with E-state index in [0.717, 1.165) is 59.0 Å². The Kier molecular flexibility index (Phi) is 7.20. The van der Waals surface area contributed by atoms with Crippen LogP contribution in [0.5, 0.6) is 11.5 Å². The number of aromatic nitrogens is 1. The predicted molar refractivity (Wildman–Crippen MR) is 131 cm³/mol. The van der Waals surface area contributed by atoms with Gasteiger partial charge in [-0.15, -0.1) is 0 Å². The molecule has 0 bridgehead atoms. The van der Waals surface area contributed by atoms with Gasteiger partial charge in [0.2, 0.25) is 0 Å². The Morgan fingerprint density at radius 1 is 0.875 bits per heavy atom. The van der Waals surface area contributed by atoms with Crippen LogP contribution < -0.4 is 20.1 Å². The molecule has 4 rings (SSSR count). The average Bonchev–Trinajstić information content (AvgIpc) is 2.81. The van der Waals surface area contributed by atoms with E-state index in [2.05, 4.69) is 39.9 Å². The molecule has 5 heteroatoms. The number of anilines is 2. The van der Waals surface area contributed by atoms with Gasteiger partial charge in [0, 0.05) is 35.1 Å². The van der Waals surface area contributed by atoms with Crippen molar-refractivity contribution in [1.29, 1.82) is 0 Å². The predicted octanol–water partition coefficient (Wildman–Crippen LogP) is 5.85. The topological polar surface area (TPSA) is 55.4 Å². The van der Waals surface area contributed by atoms with E-state index in [0.29, 0.717) is 6.61 Å². The van der Waals surface area contributed by atoms with Crippen molar-refractivity contribution in [3.05, 3.63) is 90.1 Å². The fourth-order valence-electron chi connectivity index (χ4n) is 3.63. The largest absolute Gasteiger partial charge is 0.497 e. The van der Waals surface area contributed by atoms with Gasteiger partial charge in [-0.1, -0.05) is 36.4 Å². The summed E-state index contributed by atoms with van der Waals surface area (Å²) in [5.74, 6) is 1.74. The van der Waals surface area contributed by atoms with Crippen molar-refractivity contribution in [2.75, 3.05) is 25.6 Å². The molecule has 32 heavy (non-hydrogen) atoms. The molecule has 3 aromatic carbocycles. The van der Waals surface area contributed by atoms with Crippen molar-refractivity contribution in [2.24, 2.45) is 0 Å². The van der Waals surface area contributed by atoms with E-state index in [1.165, 1.54) is 5.56 Å². The van der Waals surface area contributed by atoms with E-state index in [1.807, 2.05) is 61.5 Å². The first-order chi connectivity index (χ1) is 15.7. The second-order valence-electron chi connectivity index (χ2n) is 7.71. The molecule has 0 saturated carbocycles. The Hall–Kier alpha value is -3.57. The zero-order valence-electron chi connectivity index (χ0n) is 18.6. The van der Waals surface area contributed by atoms with Crippen LogP contribution in [0, 0.1) is 6.92 Å². The van der Waals surface area contributed by atoms with Gasteiger partial charge in [-0.25, -0.2) is 0 Å². The van der Waals surface area contributed by atoms with Crippen molar-refractivity contribution in [3.8, 4) is 11.5 Å². The quantitative estimate of drug-likeness (QED) is 0.311. The van der Waals surface area contributed by atoms with Crippen LogP contribution in [0.25, 0.3) is 10.9 Å². The number of nitrogens with zero attached hydrogens (tertiary/aromatic N) is 1. The summed E-state index contributed by atoms with van der Waals surface area (Å²) in [6.07, 6.45) is 0.926. The molecule has 4 aromatic rings. The van der Waals surface area contributed by atoms with Crippen molar-refractivity contribution >= 4 is 22.3 Å². The maximum absolute atomic E-state index is 5.97. The number of nitrogens with one attached hydrogen (secondary N) is 2. The van der Waals surface area contributed by atoms with Gasteiger partial charge in [0.1, 0.15) is 11.5 Å². The maximum Gasteiger partial charge on any atom is 0.121 e. The standard InChI is InChI=1S/C27H29N3O2/c1-20-16-27(25-12-3-4-13-26(25)29-20)30-22-9-6-11-24(18-22)32-15-7-14-28-19-21-8-5-10-23(17-21)31-2/h3-6,8-13,16-18,28H,7,14-15,19H2,1-2H3,(H,29,30). The molecule has 1 heterocycles. The van der Waals surface area contributed by atoms with Gasteiger partial charge in [0.25, 0.3) is 0 Å². The summed E-state index contributed by atoms with van der Waals surface area (Å²) in [5, 5.41) is 8.08. The summed E-state index contributed by atoms with van der Waals surface area (Å²) in [7, 11) is 1.69. The van der Waals surface area contributed by atoms with Gasteiger partial charge in [0.05, 0.1) is 19.2 Å². The number of pyridine rings is 1. The molecule has 2 N–H and O–H groups in total. The molecule has 0 aliphatic rings. The highest BCUT2D eigenvalue weighted by molar-refractivity contribution is 5.93. The van der Waals surface area contributed by atoms with E-state index >= 15 is 0 Å². The third-order valence-corrected chi connectivity index (χ3v) is 5.19. The minimum absolute atomic E-state index is 0.659. The third-order valence-electron chi connectivity index (χ3n) is 5.19. The monoisotopic (exact) mass is 427 g/mol. The number of methoxy groups -OCH3 is 1. The lowest BCUT2D eigenvalue weighted by atomic mass is 10.1. The molecule has 0 aliphatic carbocycles. The van der Waals surface area contributed by atoms with Gasteiger partial charge in [-0.3, -0.25) is 4.98 Å². The first-order valence-electron chi connectivity index (χ1n) is 10.9. The number of rotatable bonds is 10. The smallest absolute Gasteiger partial charge is 0.121 e. The highest BCUT2D eigenvalue weighted by Gasteiger charge is 2.05. The highest BCUT2D eigenvalue weighted by atomic mass is 16.5. The molecule has 0 saturated heterocycles. The Morgan fingerprint density at radius 3 is 2.62 bits per heavy atom. The highest BCUT2D eigenvalue weighted by Crippen LogP contribution is 2.28. The van der Waals surface area contributed by atoms with Gasteiger partial charge >= 0.3 is 0 Å². The van der Waals surface area contributed by atoms with E-state index in [1.54, 1.807) is 7.11 Å². The van der Waals surface area contributed by atoms with Crippen LogP contribution in [0.4, 0.5) is 11.4 Å². The molecule has 0 fully saturated rings. The van der Waals surface area contributed by atoms with Crippen molar-refractivity contribution in [3.63, 3.8) is 0 Å². The number of para-hydroxylation sites is 1. The van der Waals surface area contributed by atoms with E-state index in [-0.39, 0.29) is 0 Å². The Labute approximate surface area is 189 Å². The van der Waals surface area contributed by atoms with E-state index < -0.39 is 0 Å². The molecule has 0 spiro atoms. The first-order valence-corrected chi connectivity index (χ1v) is 10.9. The van der Waals surface area contributed by atoms with Gasteiger partial charge in [0.15, 0.2) is 0 Å². The molecule has 0 aliphatic heterocycles. The van der Waals surface area contributed by atoms with Crippen LogP contribution >= 0.6 is 0 Å². The van der Waals surface area contributed by atoms with Crippen LogP contribution in [0.3, 0.4) is 0 Å². The first kappa shape index (κ1) is 21.7. The summed E-state index contributed by atoms with van der Waals surface area (Å²) in [4.78, 5) is 4.61. The van der Waals surface area contributed by atoms with E-state index in [9.17, 15) is 0 Å². The third kappa shape index (κ3) is 5.77. The van der Waals surface area contributed by atoms with Crippen LogP contribution in [0.15, 0.2) is 78.9 Å². The number of hydrogen-bond acceptors (Lipinski definition) is 5. The van der Waals surface area contributed by atoms with Crippen LogP contribution in [0.2, 0.25) is 0 Å². The SMILES string of the molecule is COc1cccc(CNCCCOc2cccc(Nc3cc(C)nc4ccccc34)c2)c1. The molecule has 0 atom stereocenters. The Bertz CT molecular complexity index is 1180. The minimum Gasteiger partial charge on any atom is -0.497 e. The second kappa shape index (κ2) is 10.6. The summed E-state index contributed by atoms with van der Waals surface area (Å²) in [6.45, 7) is 4.37. The summed E-state index contributed by atoms with van der Waals surface area (Å²) < 4.78 is 11.2. The molecule has 164 valence electrons. The second-order valence-corrected chi connectivity index (χ2v) is 7.71. The Balaban J connectivity index is 1.27. The number of benzene rings is 3. The number of hydrogen-bond donors (Lipinski definition) is 2. The summed E-state index contributed by atoms with van der Waals surface area (Å²) >= 11 is 0. The molecule has 5 nitrogen and oxygen atoms in total. The summed E-state index contributed by atoms with van der Waals surface area (Å²) in [6, 6.07) is 26.4. The van der Waals surface area contributed by atoms with Crippen LogP contribution in [-0.2, 0) is 6.54 Å². The maximum atomic E-state index is 5.97. The normalized spacial score (nSPS) is 10.8. The molecule has 0 unspecified atom stereocenters. The lowest BCUT2D eigenvalue weighted by Gasteiger charge is -2.13. The molecule has 0 amide bonds. The molecular formula is C27H29N3O2. The van der Waals surface area contributed by atoms with Gasteiger partial charge < -0.3 is 20.1 Å². The van der Waals surface area contributed by atoms with Crippen molar-refractivity contribution in [1.82, 2.24) is 10.3 Å². The molecule has 0 radical (unpaired) electrons. The fourth-order valence-corrected chi connectivity index (χ4v) is 3.63. The van der Waals surface area contributed by atoms with Crippen LogP contribution in [0.1, 0.15) is 17.7 Å². The number of aryl methyl sites for hydroxylation is 1.